The Kier molecular flexibility index (Phi) is 4.15. The van der Waals surface area contributed by atoms with E-state index < -0.39 is 5.82 Å². The number of nitrogens with zero attached hydrogens (tertiary/aromatic N) is 1. The lowest BCUT2D eigenvalue weighted by molar-refractivity contribution is 0.471. The smallest absolute Gasteiger partial charge is 0.126 e. The summed E-state index contributed by atoms with van der Waals surface area (Å²) in [7, 11) is 0. The van der Waals surface area contributed by atoms with Crippen LogP contribution in [0.15, 0.2) is 66.9 Å². The third-order valence-corrected chi connectivity index (χ3v) is 3.64. The van der Waals surface area contributed by atoms with E-state index in [4.69, 9.17) is 0 Å². The Bertz CT molecular complexity index is 771. The summed E-state index contributed by atoms with van der Waals surface area (Å²) in [5.41, 5.74) is 3.71. The minimum absolute atomic E-state index is 0.0368. The fourth-order valence-electron chi connectivity index (χ4n) is 2.54. The molecule has 2 nitrogen and oxygen atoms in total. The Balaban J connectivity index is 1.90. The molecule has 0 bridgehead atoms. The standard InChI is InChI=1S/C19H16FNO/c20-15-9-11-18(19(22)13-15)17-7-2-1-5-14(17)8-10-16-6-3-4-12-21-16/h1-7,9,11-13,22H,8,10H2. The van der Waals surface area contributed by atoms with Gasteiger partial charge in [-0.2, -0.15) is 0 Å². The molecule has 0 amide bonds. The molecule has 110 valence electrons. The normalized spacial score (nSPS) is 10.6. The van der Waals surface area contributed by atoms with Crippen molar-refractivity contribution in [1.29, 1.82) is 0 Å². The molecule has 0 aliphatic rings. The molecule has 0 aliphatic carbocycles. The van der Waals surface area contributed by atoms with Crippen molar-refractivity contribution in [3.63, 3.8) is 0 Å². The molecular weight excluding hydrogens is 277 g/mol. The maximum Gasteiger partial charge on any atom is 0.126 e. The van der Waals surface area contributed by atoms with E-state index >= 15 is 0 Å². The van der Waals surface area contributed by atoms with Gasteiger partial charge in [0.2, 0.25) is 0 Å². The molecule has 3 rings (SSSR count). The number of rotatable bonds is 4. The zero-order valence-corrected chi connectivity index (χ0v) is 12.0. The molecule has 0 fully saturated rings. The van der Waals surface area contributed by atoms with Gasteiger partial charge in [0.05, 0.1) is 0 Å². The maximum atomic E-state index is 13.2. The first-order valence-corrected chi connectivity index (χ1v) is 7.21. The Labute approximate surface area is 128 Å². The summed E-state index contributed by atoms with van der Waals surface area (Å²) in [6, 6.07) is 17.9. The lowest BCUT2D eigenvalue weighted by Gasteiger charge is -2.11. The van der Waals surface area contributed by atoms with E-state index in [-0.39, 0.29) is 5.75 Å². The fourth-order valence-corrected chi connectivity index (χ4v) is 2.54. The number of hydrogen-bond donors (Lipinski definition) is 1. The second-order valence-corrected chi connectivity index (χ2v) is 5.14. The summed E-state index contributed by atoms with van der Waals surface area (Å²) >= 11 is 0. The first-order chi connectivity index (χ1) is 10.7. The van der Waals surface area contributed by atoms with Gasteiger partial charge >= 0.3 is 0 Å². The number of pyridine rings is 1. The van der Waals surface area contributed by atoms with Crippen molar-refractivity contribution in [1.82, 2.24) is 4.98 Å². The van der Waals surface area contributed by atoms with Crippen LogP contribution in [0.5, 0.6) is 5.75 Å². The highest BCUT2D eigenvalue weighted by Gasteiger charge is 2.10. The second-order valence-electron chi connectivity index (χ2n) is 5.14. The van der Waals surface area contributed by atoms with Crippen LogP contribution in [0.2, 0.25) is 0 Å². The summed E-state index contributed by atoms with van der Waals surface area (Å²) < 4.78 is 13.2. The van der Waals surface area contributed by atoms with Crippen LogP contribution in [0.25, 0.3) is 11.1 Å². The number of phenols is 1. The minimum atomic E-state index is -0.438. The highest BCUT2D eigenvalue weighted by atomic mass is 19.1. The van der Waals surface area contributed by atoms with Crippen molar-refractivity contribution >= 4 is 0 Å². The lowest BCUT2D eigenvalue weighted by atomic mass is 9.95. The topological polar surface area (TPSA) is 33.1 Å². The average Bonchev–Trinajstić information content (AvgIpc) is 2.54. The summed E-state index contributed by atoms with van der Waals surface area (Å²) in [5.74, 6) is -0.475. The van der Waals surface area contributed by atoms with Crippen LogP contribution < -0.4 is 0 Å². The predicted molar refractivity (Wildman–Crippen MR) is 85.1 cm³/mol. The predicted octanol–water partition coefficient (Wildman–Crippen LogP) is 4.38. The van der Waals surface area contributed by atoms with Crippen molar-refractivity contribution in [3.8, 4) is 16.9 Å². The second kappa shape index (κ2) is 6.39. The largest absolute Gasteiger partial charge is 0.507 e. The van der Waals surface area contributed by atoms with E-state index in [2.05, 4.69) is 4.98 Å². The molecule has 1 heterocycles. The molecule has 3 heteroatoms. The van der Waals surface area contributed by atoms with Gasteiger partial charge in [-0.3, -0.25) is 4.98 Å². The van der Waals surface area contributed by atoms with Crippen molar-refractivity contribution < 1.29 is 9.50 Å². The first kappa shape index (κ1) is 14.3. The van der Waals surface area contributed by atoms with Crippen molar-refractivity contribution in [2.75, 3.05) is 0 Å². The number of phenolic OH excluding ortho intramolecular Hbond substituents is 1. The van der Waals surface area contributed by atoms with E-state index in [9.17, 15) is 9.50 Å². The van der Waals surface area contributed by atoms with Gasteiger partial charge in [-0.05, 0) is 48.2 Å². The molecule has 0 unspecified atom stereocenters. The van der Waals surface area contributed by atoms with E-state index in [1.165, 1.54) is 6.07 Å². The van der Waals surface area contributed by atoms with Crippen LogP contribution in [0, 0.1) is 5.82 Å². The van der Waals surface area contributed by atoms with Crippen LogP contribution in [0.1, 0.15) is 11.3 Å². The summed E-state index contributed by atoms with van der Waals surface area (Å²) in [6.07, 6.45) is 3.41. The number of benzene rings is 2. The number of aryl methyl sites for hydroxylation is 2. The molecule has 0 saturated heterocycles. The molecule has 22 heavy (non-hydrogen) atoms. The molecule has 1 N–H and O–H groups in total. The van der Waals surface area contributed by atoms with Crippen LogP contribution >= 0.6 is 0 Å². The molecular formula is C19H16FNO. The van der Waals surface area contributed by atoms with E-state index in [1.807, 2.05) is 42.5 Å². The third-order valence-electron chi connectivity index (χ3n) is 3.64. The SMILES string of the molecule is Oc1cc(F)ccc1-c1ccccc1CCc1ccccn1. The highest BCUT2D eigenvalue weighted by molar-refractivity contribution is 5.73. The molecule has 3 aromatic rings. The van der Waals surface area contributed by atoms with Gasteiger partial charge in [0.25, 0.3) is 0 Å². The number of hydrogen-bond acceptors (Lipinski definition) is 2. The molecule has 0 saturated carbocycles. The third kappa shape index (κ3) is 3.14. The Morgan fingerprint density at radius 2 is 1.68 bits per heavy atom. The zero-order chi connectivity index (χ0) is 15.4. The van der Waals surface area contributed by atoms with Gasteiger partial charge in [0, 0.05) is 23.5 Å². The van der Waals surface area contributed by atoms with E-state index in [0.717, 1.165) is 35.7 Å². The van der Waals surface area contributed by atoms with Gasteiger partial charge in [0.1, 0.15) is 11.6 Å². The summed E-state index contributed by atoms with van der Waals surface area (Å²) in [6.45, 7) is 0. The number of aromatic nitrogens is 1. The van der Waals surface area contributed by atoms with E-state index in [0.29, 0.717) is 5.56 Å². The molecule has 0 atom stereocenters. The number of halogens is 1. The molecule has 0 radical (unpaired) electrons. The lowest BCUT2D eigenvalue weighted by Crippen LogP contribution is -1.96. The minimum Gasteiger partial charge on any atom is -0.507 e. The monoisotopic (exact) mass is 293 g/mol. The van der Waals surface area contributed by atoms with Crippen LogP contribution in [-0.2, 0) is 12.8 Å². The van der Waals surface area contributed by atoms with Gasteiger partial charge < -0.3 is 5.11 Å². The summed E-state index contributed by atoms with van der Waals surface area (Å²) in [5, 5.41) is 10.0. The quantitative estimate of drug-likeness (QED) is 0.774. The van der Waals surface area contributed by atoms with Crippen LogP contribution in [0.3, 0.4) is 0 Å². The fraction of sp³-hybridized carbons (Fsp3) is 0.105. The Hall–Kier alpha value is -2.68. The van der Waals surface area contributed by atoms with Crippen molar-refractivity contribution in [2.24, 2.45) is 0 Å². The Morgan fingerprint density at radius 1 is 0.864 bits per heavy atom. The number of aromatic hydroxyl groups is 1. The van der Waals surface area contributed by atoms with Crippen LogP contribution in [-0.4, -0.2) is 10.1 Å². The van der Waals surface area contributed by atoms with Crippen molar-refractivity contribution in [2.45, 2.75) is 12.8 Å². The first-order valence-electron chi connectivity index (χ1n) is 7.21. The van der Waals surface area contributed by atoms with Gasteiger partial charge in [0.15, 0.2) is 0 Å². The van der Waals surface area contributed by atoms with Crippen molar-refractivity contribution in [3.05, 3.63) is 83.9 Å². The van der Waals surface area contributed by atoms with Gasteiger partial charge in [-0.15, -0.1) is 0 Å². The van der Waals surface area contributed by atoms with Crippen LogP contribution in [0.4, 0.5) is 4.39 Å². The molecule has 1 aromatic heterocycles. The summed E-state index contributed by atoms with van der Waals surface area (Å²) in [4.78, 5) is 4.33. The van der Waals surface area contributed by atoms with Gasteiger partial charge in [-0.1, -0.05) is 30.3 Å². The zero-order valence-electron chi connectivity index (χ0n) is 12.0. The molecule has 2 aromatic carbocycles. The maximum absolute atomic E-state index is 13.2. The highest BCUT2D eigenvalue weighted by Crippen LogP contribution is 2.32. The average molecular weight is 293 g/mol. The Morgan fingerprint density at radius 3 is 2.45 bits per heavy atom. The molecule has 0 spiro atoms. The van der Waals surface area contributed by atoms with Gasteiger partial charge in [-0.25, -0.2) is 4.39 Å². The van der Waals surface area contributed by atoms with E-state index in [1.54, 1.807) is 12.3 Å². The molecule has 0 aliphatic heterocycles.